The van der Waals surface area contributed by atoms with Gasteiger partial charge >= 0.3 is 5.69 Å². The summed E-state index contributed by atoms with van der Waals surface area (Å²) in [6.07, 6.45) is 0. The molecule has 1 amide bonds. The molecule has 156 valence electrons. The van der Waals surface area contributed by atoms with Crippen LogP contribution in [0.25, 0.3) is 11.3 Å². The monoisotopic (exact) mass is 427 g/mol. The number of aryl methyl sites for hydroxylation is 3. The number of nitrogens with zero attached hydrogens (tertiary/aromatic N) is 2. The number of nitro groups is 1. The third kappa shape index (κ3) is 4.74. The molecule has 0 bridgehead atoms. The van der Waals surface area contributed by atoms with Crippen LogP contribution in [-0.4, -0.2) is 29.5 Å². The number of benzene rings is 2. The number of hydrogen-bond donors (Lipinski definition) is 1. The van der Waals surface area contributed by atoms with Crippen molar-refractivity contribution >= 4 is 28.1 Å². The topological polar surface area (TPSA) is 104 Å². The first-order valence-corrected chi connectivity index (χ1v) is 9.95. The first kappa shape index (κ1) is 21.3. The Balaban J connectivity index is 1.68. The Kier molecular flexibility index (Phi) is 6.31. The lowest BCUT2D eigenvalue weighted by Crippen LogP contribution is -2.20. The molecule has 30 heavy (non-hydrogen) atoms. The van der Waals surface area contributed by atoms with E-state index in [2.05, 4.69) is 22.4 Å². The van der Waals surface area contributed by atoms with E-state index in [1.165, 1.54) is 42.2 Å². The number of rotatable bonds is 7. The Hall–Kier alpha value is -3.46. The first-order chi connectivity index (χ1) is 14.3. The molecule has 8 nitrogen and oxygen atoms in total. The number of nitro benzene ring substituents is 1. The predicted octanol–water partition coefficient (Wildman–Crippen LogP) is 4.67. The summed E-state index contributed by atoms with van der Waals surface area (Å²) in [5.74, 6) is -0.143. The molecule has 0 saturated carbocycles. The van der Waals surface area contributed by atoms with Gasteiger partial charge in [-0.3, -0.25) is 20.2 Å². The predicted molar refractivity (Wildman–Crippen MR) is 116 cm³/mol. The van der Waals surface area contributed by atoms with Crippen LogP contribution in [0.5, 0.6) is 11.5 Å². The Bertz CT molecular complexity index is 1090. The molecule has 0 spiro atoms. The normalized spacial score (nSPS) is 10.5. The minimum absolute atomic E-state index is 0.0123. The summed E-state index contributed by atoms with van der Waals surface area (Å²) in [7, 11) is 1.41. The summed E-state index contributed by atoms with van der Waals surface area (Å²) in [5.41, 5.74) is 4.97. The zero-order valence-electron chi connectivity index (χ0n) is 17.0. The lowest BCUT2D eigenvalue weighted by molar-refractivity contribution is -0.385. The van der Waals surface area contributed by atoms with Crippen LogP contribution in [0.3, 0.4) is 0 Å². The molecule has 0 aliphatic carbocycles. The van der Waals surface area contributed by atoms with Crippen LogP contribution in [0.15, 0.2) is 35.7 Å². The molecule has 0 unspecified atom stereocenters. The molecule has 1 heterocycles. The fraction of sp³-hybridized carbons (Fsp3) is 0.238. The van der Waals surface area contributed by atoms with Crippen molar-refractivity contribution in [1.29, 1.82) is 0 Å². The second-order valence-corrected chi connectivity index (χ2v) is 7.60. The summed E-state index contributed by atoms with van der Waals surface area (Å²) < 4.78 is 10.3. The third-order valence-corrected chi connectivity index (χ3v) is 5.16. The van der Waals surface area contributed by atoms with Gasteiger partial charge in [-0.1, -0.05) is 17.7 Å². The van der Waals surface area contributed by atoms with E-state index in [1.54, 1.807) is 0 Å². The van der Waals surface area contributed by atoms with Crippen LogP contribution in [0.4, 0.5) is 10.8 Å². The Labute approximate surface area is 177 Å². The second-order valence-electron chi connectivity index (χ2n) is 6.74. The Morgan fingerprint density at radius 2 is 1.90 bits per heavy atom. The number of carbonyl (C=O) groups excluding carboxylic acids is 1. The van der Waals surface area contributed by atoms with Crippen molar-refractivity contribution in [3.05, 3.63) is 62.5 Å². The van der Waals surface area contributed by atoms with Gasteiger partial charge < -0.3 is 9.47 Å². The molecule has 0 saturated heterocycles. The van der Waals surface area contributed by atoms with Gasteiger partial charge in [-0.2, -0.15) is 0 Å². The molecular formula is C21H21N3O5S. The van der Waals surface area contributed by atoms with Gasteiger partial charge in [0.2, 0.25) is 0 Å². The highest BCUT2D eigenvalue weighted by atomic mass is 32.1. The summed E-state index contributed by atoms with van der Waals surface area (Å²) in [6, 6.07) is 8.35. The number of hydrogen-bond acceptors (Lipinski definition) is 7. The van der Waals surface area contributed by atoms with E-state index in [0.717, 1.165) is 22.4 Å². The maximum Gasteiger partial charge on any atom is 0.314 e. The van der Waals surface area contributed by atoms with Crippen molar-refractivity contribution in [3.8, 4) is 22.8 Å². The quantitative estimate of drug-likeness (QED) is 0.434. The number of amides is 1. The molecule has 1 N–H and O–H groups in total. The van der Waals surface area contributed by atoms with Gasteiger partial charge in [-0.25, -0.2) is 4.98 Å². The standard InChI is InChI=1S/C21H21N3O5S/c1-12-7-13(2)20(14(3)8-12)16-11-30-21(22-16)23-19(25)10-29-18-6-5-15(28-4)9-17(18)24(26)27/h5-9,11H,10H2,1-4H3,(H,22,23,25). The van der Waals surface area contributed by atoms with Gasteiger partial charge in [-0.05, 0) is 44.0 Å². The maximum absolute atomic E-state index is 12.3. The molecule has 0 aliphatic heterocycles. The van der Waals surface area contributed by atoms with Gasteiger partial charge in [0.05, 0.1) is 23.8 Å². The summed E-state index contributed by atoms with van der Waals surface area (Å²) in [6.45, 7) is 5.72. The maximum atomic E-state index is 12.3. The van der Waals surface area contributed by atoms with Gasteiger partial charge in [0, 0.05) is 10.9 Å². The number of methoxy groups -OCH3 is 1. The number of carbonyl (C=O) groups is 1. The van der Waals surface area contributed by atoms with Crippen LogP contribution in [-0.2, 0) is 4.79 Å². The lowest BCUT2D eigenvalue weighted by atomic mass is 9.98. The molecular weight excluding hydrogens is 406 g/mol. The molecule has 3 aromatic rings. The van der Waals surface area contributed by atoms with Crippen molar-refractivity contribution in [1.82, 2.24) is 4.98 Å². The van der Waals surface area contributed by atoms with E-state index in [9.17, 15) is 14.9 Å². The third-order valence-electron chi connectivity index (χ3n) is 4.41. The van der Waals surface area contributed by atoms with Crippen molar-refractivity contribution < 1.29 is 19.2 Å². The van der Waals surface area contributed by atoms with E-state index in [1.807, 2.05) is 26.2 Å². The van der Waals surface area contributed by atoms with E-state index < -0.39 is 10.8 Å². The van der Waals surface area contributed by atoms with Crippen molar-refractivity contribution in [3.63, 3.8) is 0 Å². The molecule has 0 atom stereocenters. The molecule has 0 aliphatic rings. The molecule has 0 fully saturated rings. The molecule has 1 aromatic heterocycles. The summed E-state index contributed by atoms with van der Waals surface area (Å²) in [5, 5.41) is 16.2. The fourth-order valence-corrected chi connectivity index (χ4v) is 3.94. The number of thiazole rings is 1. The van der Waals surface area contributed by atoms with Crippen molar-refractivity contribution in [2.75, 3.05) is 19.0 Å². The zero-order chi connectivity index (χ0) is 21.8. The fourth-order valence-electron chi connectivity index (χ4n) is 3.22. The van der Waals surface area contributed by atoms with E-state index >= 15 is 0 Å². The molecule has 2 aromatic carbocycles. The number of nitrogens with one attached hydrogen (secondary N) is 1. The van der Waals surface area contributed by atoms with Crippen LogP contribution >= 0.6 is 11.3 Å². The number of ether oxygens (including phenoxy) is 2. The molecule has 0 radical (unpaired) electrons. The second kappa shape index (κ2) is 8.91. The highest BCUT2D eigenvalue weighted by molar-refractivity contribution is 7.14. The van der Waals surface area contributed by atoms with E-state index in [-0.39, 0.29) is 18.0 Å². The van der Waals surface area contributed by atoms with E-state index in [4.69, 9.17) is 9.47 Å². The largest absolute Gasteiger partial charge is 0.496 e. The SMILES string of the molecule is COc1ccc(OCC(=O)Nc2nc(-c3c(C)cc(C)cc3C)cs2)c([N+](=O)[O-])c1. The van der Waals surface area contributed by atoms with Crippen LogP contribution in [0, 0.1) is 30.9 Å². The van der Waals surface area contributed by atoms with Gasteiger partial charge in [0.1, 0.15) is 5.75 Å². The zero-order valence-corrected chi connectivity index (χ0v) is 17.8. The van der Waals surface area contributed by atoms with Crippen LogP contribution < -0.4 is 14.8 Å². The smallest absolute Gasteiger partial charge is 0.314 e. The van der Waals surface area contributed by atoms with E-state index in [0.29, 0.717) is 10.9 Å². The number of aromatic nitrogens is 1. The minimum atomic E-state index is -0.588. The average Bonchev–Trinajstić information content (AvgIpc) is 3.13. The highest BCUT2D eigenvalue weighted by Crippen LogP contribution is 2.32. The van der Waals surface area contributed by atoms with Crippen LogP contribution in [0.1, 0.15) is 16.7 Å². The highest BCUT2D eigenvalue weighted by Gasteiger charge is 2.18. The number of anilines is 1. The Morgan fingerprint density at radius 3 is 2.53 bits per heavy atom. The van der Waals surface area contributed by atoms with Gasteiger partial charge in [0.15, 0.2) is 17.5 Å². The van der Waals surface area contributed by atoms with Gasteiger partial charge in [-0.15, -0.1) is 11.3 Å². The lowest BCUT2D eigenvalue weighted by Gasteiger charge is -2.09. The summed E-state index contributed by atoms with van der Waals surface area (Å²) >= 11 is 1.31. The van der Waals surface area contributed by atoms with Crippen molar-refractivity contribution in [2.45, 2.75) is 20.8 Å². The average molecular weight is 427 g/mol. The Morgan fingerprint density at radius 1 is 1.20 bits per heavy atom. The minimum Gasteiger partial charge on any atom is -0.496 e. The molecule has 9 heteroatoms. The van der Waals surface area contributed by atoms with Crippen LogP contribution in [0.2, 0.25) is 0 Å². The first-order valence-electron chi connectivity index (χ1n) is 9.07. The summed E-state index contributed by atoms with van der Waals surface area (Å²) in [4.78, 5) is 27.4. The van der Waals surface area contributed by atoms with Gasteiger partial charge in [0.25, 0.3) is 5.91 Å². The van der Waals surface area contributed by atoms with Crippen molar-refractivity contribution in [2.24, 2.45) is 0 Å². The molecule has 3 rings (SSSR count).